The van der Waals surface area contributed by atoms with Gasteiger partial charge in [0.2, 0.25) is 27.7 Å². The van der Waals surface area contributed by atoms with Gasteiger partial charge in [0.25, 0.3) is 5.91 Å². The van der Waals surface area contributed by atoms with E-state index in [-0.39, 0.29) is 37.3 Å². The predicted molar refractivity (Wildman–Crippen MR) is 222 cm³/mol. The molecular weight excluding hydrogens is 793 g/mol. The minimum Gasteiger partial charge on any atom is -0.497 e. The first-order valence-electron chi connectivity index (χ1n) is 20.6. The number of nitrogens with zero attached hydrogens (tertiary/aromatic N) is 3. The molecule has 0 spiro atoms. The molecule has 2 aliphatic heterocycles. The quantitative estimate of drug-likeness (QED) is 0.199. The summed E-state index contributed by atoms with van der Waals surface area (Å²) in [4.78, 5) is 66.1. The Labute approximate surface area is 349 Å². The highest BCUT2D eigenvalue weighted by atomic mass is 32.2. The van der Waals surface area contributed by atoms with Crippen molar-refractivity contribution in [2.45, 2.75) is 114 Å². The number of ether oxygens (including phenoxy) is 3. The standard InChI is InChI=1S/C43H54N6O10S/c1-24(2)58-30-12-14-33(44-22-30)34-19-27-18-29(57-6)11-13-32(27)38(45-34)59-31-20-35-37(50)47-43(40(52)48-60(55,56)42(5)15-16-42)21-28(43)10-8-7-9-25(3)17-26(4)36(46-41(53)54)39(51)49(35)23-31/h8,10-14,18-19,22,24-26,28,31,35-36,46H,7,9,15-17,20-21,23H2,1-6H3,(H,47,50)(H,48,52)(H,53,54)/b10-8-/t25-,26-,28-,31-,35+,36+,43-/m1/s1. The van der Waals surface area contributed by atoms with Gasteiger partial charge in [0.1, 0.15) is 35.2 Å². The lowest BCUT2D eigenvalue weighted by Gasteiger charge is -2.32. The van der Waals surface area contributed by atoms with E-state index in [1.54, 1.807) is 44.5 Å². The summed E-state index contributed by atoms with van der Waals surface area (Å²) in [6.07, 6.45) is 5.96. The SMILES string of the molecule is COc1ccc2c(O[C@@H]3C[C@H]4C(=O)N[C@]5(C(=O)NS(=O)(=O)C6(C)CC6)C[C@H]5/C=C\CC[C@@H](C)C[C@@H](C)[C@H](NC(=O)O)C(=O)N4C3)nc(-c3ccc(OC(C)C)cn3)cc2c1. The Morgan fingerprint density at radius 1 is 1.05 bits per heavy atom. The van der Waals surface area contributed by atoms with Crippen LogP contribution < -0.4 is 29.6 Å². The zero-order chi connectivity index (χ0) is 43.1. The number of carbonyl (C=O) groups excluding carboxylic acids is 3. The van der Waals surface area contributed by atoms with Crippen LogP contribution in [0.4, 0.5) is 4.79 Å². The number of nitrogens with one attached hydrogen (secondary N) is 3. The Hall–Kier alpha value is -5.45. The Morgan fingerprint density at radius 3 is 2.47 bits per heavy atom. The van der Waals surface area contributed by atoms with E-state index < -0.39 is 74.1 Å². The van der Waals surface area contributed by atoms with Crippen LogP contribution in [-0.4, -0.2) is 100 Å². The summed E-state index contributed by atoms with van der Waals surface area (Å²) in [5.41, 5.74) is -0.562. The van der Waals surface area contributed by atoms with Gasteiger partial charge in [0.15, 0.2) is 0 Å². The topological polar surface area (TPSA) is 215 Å². The van der Waals surface area contributed by atoms with Crippen LogP contribution in [-0.2, 0) is 24.4 Å². The van der Waals surface area contributed by atoms with Crippen LogP contribution in [0, 0.1) is 17.8 Å². The van der Waals surface area contributed by atoms with E-state index in [4.69, 9.17) is 19.2 Å². The van der Waals surface area contributed by atoms with Gasteiger partial charge in [0, 0.05) is 17.7 Å². The van der Waals surface area contributed by atoms with Crippen LogP contribution in [0.2, 0.25) is 0 Å². The third-order valence-corrected chi connectivity index (χ3v) is 14.3. The lowest BCUT2D eigenvalue weighted by molar-refractivity contribution is -0.142. The highest BCUT2D eigenvalue weighted by molar-refractivity contribution is 7.91. The van der Waals surface area contributed by atoms with Crippen molar-refractivity contribution < 1.29 is 46.9 Å². The molecule has 1 saturated heterocycles. The van der Waals surface area contributed by atoms with Gasteiger partial charge in [-0.3, -0.25) is 24.1 Å². The lowest BCUT2D eigenvalue weighted by atomic mass is 9.88. The van der Waals surface area contributed by atoms with Gasteiger partial charge >= 0.3 is 6.09 Å². The minimum atomic E-state index is -4.03. The van der Waals surface area contributed by atoms with Crippen molar-refractivity contribution in [3.8, 4) is 28.8 Å². The van der Waals surface area contributed by atoms with Gasteiger partial charge in [-0.15, -0.1) is 0 Å². The maximum absolute atomic E-state index is 14.6. The molecular formula is C43H54N6O10S. The number of hydrogen-bond donors (Lipinski definition) is 4. The van der Waals surface area contributed by atoms with Gasteiger partial charge < -0.3 is 34.9 Å². The Morgan fingerprint density at radius 2 is 1.80 bits per heavy atom. The van der Waals surface area contributed by atoms with Crippen LogP contribution in [0.3, 0.4) is 0 Å². The molecule has 0 unspecified atom stereocenters. The molecule has 4 aliphatic rings. The van der Waals surface area contributed by atoms with Gasteiger partial charge in [0.05, 0.1) is 42.1 Å². The molecule has 322 valence electrons. The van der Waals surface area contributed by atoms with E-state index in [1.165, 1.54) is 4.90 Å². The van der Waals surface area contributed by atoms with E-state index in [0.717, 1.165) is 11.8 Å². The molecule has 2 aromatic heterocycles. The van der Waals surface area contributed by atoms with Crippen molar-refractivity contribution in [2.24, 2.45) is 17.8 Å². The number of aromatic nitrogens is 2. The summed E-state index contributed by atoms with van der Waals surface area (Å²) in [6.45, 7) is 9.14. The molecule has 4 N–H and O–H groups in total. The summed E-state index contributed by atoms with van der Waals surface area (Å²) in [7, 11) is -2.47. The van der Waals surface area contributed by atoms with Crippen molar-refractivity contribution in [3.63, 3.8) is 0 Å². The Bertz CT molecular complexity index is 2300. The first-order chi connectivity index (χ1) is 28.4. The molecule has 7 rings (SSSR count). The van der Waals surface area contributed by atoms with E-state index in [1.807, 2.05) is 52.0 Å². The number of hydrogen-bond acceptors (Lipinski definition) is 11. The average Bonchev–Trinajstić information content (AvgIpc) is 4.08. The van der Waals surface area contributed by atoms with Crippen molar-refractivity contribution in [1.82, 2.24) is 30.2 Å². The third-order valence-electron chi connectivity index (χ3n) is 12.2. The predicted octanol–water partition coefficient (Wildman–Crippen LogP) is 4.96. The number of amides is 4. The number of rotatable bonds is 10. The molecule has 2 saturated carbocycles. The van der Waals surface area contributed by atoms with Gasteiger partial charge in [-0.2, -0.15) is 0 Å². The number of carbonyl (C=O) groups is 4. The fourth-order valence-corrected chi connectivity index (χ4v) is 9.63. The maximum Gasteiger partial charge on any atom is 0.405 e. The smallest absolute Gasteiger partial charge is 0.405 e. The lowest BCUT2D eigenvalue weighted by Crippen LogP contribution is -2.59. The van der Waals surface area contributed by atoms with Crippen LogP contribution in [0.25, 0.3) is 22.2 Å². The van der Waals surface area contributed by atoms with E-state index in [9.17, 15) is 32.7 Å². The number of allylic oxidation sites excluding steroid dienone is 1. The van der Waals surface area contributed by atoms with Crippen LogP contribution >= 0.6 is 0 Å². The number of fused-ring (bicyclic) bond motifs is 3. The molecule has 4 heterocycles. The number of sulfonamides is 1. The number of carboxylic acid groups (broad SMARTS) is 1. The second-order valence-corrected chi connectivity index (χ2v) is 19.5. The molecule has 1 aromatic carbocycles. The van der Waals surface area contributed by atoms with E-state index >= 15 is 0 Å². The molecule has 3 fully saturated rings. The Balaban J connectivity index is 1.24. The monoisotopic (exact) mass is 846 g/mol. The minimum absolute atomic E-state index is 0.0419. The van der Waals surface area contributed by atoms with Crippen LogP contribution in [0.15, 0.2) is 54.7 Å². The molecule has 16 nitrogen and oxygen atoms in total. The average molecular weight is 847 g/mol. The summed E-state index contributed by atoms with van der Waals surface area (Å²) >= 11 is 0. The van der Waals surface area contributed by atoms with Gasteiger partial charge in [-0.25, -0.2) is 18.2 Å². The molecule has 7 atom stereocenters. The van der Waals surface area contributed by atoms with Crippen LogP contribution in [0.1, 0.15) is 79.6 Å². The van der Waals surface area contributed by atoms with E-state index in [0.29, 0.717) is 54.0 Å². The Kier molecular flexibility index (Phi) is 11.8. The van der Waals surface area contributed by atoms with Gasteiger partial charge in [-0.1, -0.05) is 26.0 Å². The second-order valence-electron chi connectivity index (χ2n) is 17.3. The van der Waals surface area contributed by atoms with Crippen molar-refractivity contribution in [1.29, 1.82) is 0 Å². The summed E-state index contributed by atoms with van der Waals surface area (Å²) in [5, 5.41) is 16.5. The highest BCUT2D eigenvalue weighted by Crippen LogP contribution is 2.48. The molecule has 4 amide bonds. The third kappa shape index (κ3) is 8.86. The maximum atomic E-state index is 14.6. The number of benzene rings is 1. The zero-order valence-electron chi connectivity index (χ0n) is 34.8. The first kappa shape index (κ1) is 42.7. The van der Waals surface area contributed by atoms with Gasteiger partial charge in [-0.05, 0) is 113 Å². The zero-order valence-corrected chi connectivity index (χ0v) is 35.6. The van der Waals surface area contributed by atoms with E-state index in [2.05, 4.69) is 20.3 Å². The largest absolute Gasteiger partial charge is 0.497 e. The normalized spacial score (nSPS) is 28.3. The number of methoxy groups -OCH3 is 1. The van der Waals surface area contributed by atoms with Crippen LogP contribution in [0.5, 0.6) is 17.4 Å². The number of pyridine rings is 2. The van der Waals surface area contributed by atoms with Crippen molar-refractivity contribution >= 4 is 44.6 Å². The molecule has 60 heavy (non-hydrogen) atoms. The molecule has 2 aliphatic carbocycles. The fourth-order valence-electron chi connectivity index (χ4n) is 8.31. The molecule has 0 bridgehead atoms. The summed E-state index contributed by atoms with van der Waals surface area (Å²) in [5.74, 6) is -1.57. The fraction of sp³-hybridized carbons (Fsp3) is 0.535. The van der Waals surface area contributed by atoms with Crippen molar-refractivity contribution in [3.05, 3.63) is 54.7 Å². The summed E-state index contributed by atoms with van der Waals surface area (Å²) in [6, 6.07) is 8.42. The molecule has 17 heteroatoms. The molecule has 0 radical (unpaired) electrons. The summed E-state index contributed by atoms with van der Waals surface area (Å²) < 4.78 is 45.6. The molecule has 3 aromatic rings. The second kappa shape index (κ2) is 16.5. The van der Waals surface area contributed by atoms with Crippen molar-refractivity contribution in [2.75, 3.05) is 13.7 Å². The first-order valence-corrected chi connectivity index (χ1v) is 22.0. The highest BCUT2D eigenvalue weighted by Gasteiger charge is 2.63.